The van der Waals surface area contributed by atoms with Gasteiger partial charge in [0.15, 0.2) is 5.13 Å². The molecular formula is C21H23N3O4S2. The third-order valence-electron chi connectivity index (χ3n) is 5.29. The maximum absolute atomic E-state index is 12.9. The van der Waals surface area contributed by atoms with Gasteiger partial charge in [-0.15, -0.1) is 0 Å². The number of ether oxygens (including phenoxy) is 1. The van der Waals surface area contributed by atoms with Gasteiger partial charge in [-0.05, 0) is 56.2 Å². The third kappa shape index (κ3) is 3.92. The molecule has 2 aromatic carbocycles. The molecule has 1 N–H and O–H groups in total. The first-order valence-electron chi connectivity index (χ1n) is 9.77. The standard InChI is InChI=1S/C21H23N3O4S2/c1-14-6-3-4-13-24(14)30(26,27)16-11-9-15(10-12-16)20(25)23-21-22-19-17(28-2)7-5-8-18(19)29-21/h5,7-12,14H,3-4,6,13H2,1-2H3,(H,22,23,25)/t14-/m0/s1. The fourth-order valence-electron chi connectivity index (χ4n) is 3.65. The molecule has 1 saturated heterocycles. The molecular weight excluding hydrogens is 422 g/mol. The molecule has 0 bridgehead atoms. The minimum absolute atomic E-state index is 0.0113. The minimum atomic E-state index is -3.56. The lowest BCUT2D eigenvalue weighted by Gasteiger charge is -2.32. The Morgan fingerprint density at radius 2 is 1.97 bits per heavy atom. The fraction of sp³-hybridized carbons (Fsp3) is 0.333. The predicted octanol–water partition coefficient (Wildman–Crippen LogP) is 4.12. The van der Waals surface area contributed by atoms with E-state index in [0.29, 0.717) is 28.5 Å². The number of hydrogen-bond acceptors (Lipinski definition) is 6. The Hall–Kier alpha value is -2.49. The summed E-state index contributed by atoms with van der Waals surface area (Å²) in [7, 11) is -1.98. The van der Waals surface area contributed by atoms with Gasteiger partial charge in [-0.25, -0.2) is 13.4 Å². The number of aromatic nitrogens is 1. The van der Waals surface area contributed by atoms with E-state index in [2.05, 4.69) is 10.3 Å². The van der Waals surface area contributed by atoms with Crippen molar-refractivity contribution in [2.24, 2.45) is 0 Å². The molecule has 1 aromatic heterocycles. The van der Waals surface area contributed by atoms with Gasteiger partial charge in [0.1, 0.15) is 11.3 Å². The van der Waals surface area contributed by atoms with E-state index in [-0.39, 0.29) is 16.8 Å². The normalized spacial score (nSPS) is 17.7. The Kier molecular flexibility index (Phi) is 5.77. The van der Waals surface area contributed by atoms with Crippen LogP contribution < -0.4 is 10.1 Å². The molecule has 9 heteroatoms. The van der Waals surface area contributed by atoms with Gasteiger partial charge in [0.05, 0.1) is 16.7 Å². The van der Waals surface area contributed by atoms with E-state index in [0.717, 1.165) is 24.0 Å². The van der Waals surface area contributed by atoms with Crippen molar-refractivity contribution < 1.29 is 17.9 Å². The van der Waals surface area contributed by atoms with Crippen molar-refractivity contribution in [2.75, 3.05) is 19.0 Å². The molecule has 0 saturated carbocycles. The molecule has 0 unspecified atom stereocenters. The summed E-state index contributed by atoms with van der Waals surface area (Å²) >= 11 is 1.35. The highest BCUT2D eigenvalue weighted by molar-refractivity contribution is 7.89. The summed E-state index contributed by atoms with van der Waals surface area (Å²) in [6, 6.07) is 11.6. The molecule has 4 rings (SSSR count). The van der Waals surface area contributed by atoms with E-state index in [9.17, 15) is 13.2 Å². The summed E-state index contributed by atoms with van der Waals surface area (Å²) in [5.74, 6) is 0.300. The summed E-state index contributed by atoms with van der Waals surface area (Å²) in [6.45, 7) is 2.47. The van der Waals surface area contributed by atoms with Gasteiger partial charge < -0.3 is 4.74 Å². The maximum atomic E-state index is 12.9. The van der Waals surface area contributed by atoms with E-state index in [4.69, 9.17) is 4.74 Å². The number of hydrogen-bond donors (Lipinski definition) is 1. The molecule has 30 heavy (non-hydrogen) atoms. The number of carbonyl (C=O) groups is 1. The lowest BCUT2D eigenvalue weighted by Crippen LogP contribution is -2.41. The van der Waals surface area contributed by atoms with Crippen molar-refractivity contribution in [2.45, 2.75) is 37.1 Å². The summed E-state index contributed by atoms with van der Waals surface area (Å²) < 4.78 is 33.6. The molecule has 158 valence electrons. The monoisotopic (exact) mass is 445 g/mol. The van der Waals surface area contributed by atoms with E-state index < -0.39 is 10.0 Å². The van der Waals surface area contributed by atoms with Gasteiger partial charge in [0.25, 0.3) is 5.91 Å². The Bertz CT molecular complexity index is 1170. The number of nitrogens with one attached hydrogen (secondary N) is 1. The smallest absolute Gasteiger partial charge is 0.257 e. The number of carbonyl (C=O) groups excluding carboxylic acids is 1. The molecule has 2 heterocycles. The highest BCUT2D eigenvalue weighted by atomic mass is 32.2. The maximum Gasteiger partial charge on any atom is 0.257 e. The molecule has 0 aliphatic carbocycles. The number of rotatable bonds is 5. The molecule has 0 radical (unpaired) electrons. The number of para-hydroxylation sites is 1. The number of thiazole rings is 1. The number of methoxy groups -OCH3 is 1. The number of benzene rings is 2. The Morgan fingerprint density at radius 1 is 1.20 bits per heavy atom. The molecule has 0 spiro atoms. The molecule has 1 fully saturated rings. The van der Waals surface area contributed by atoms with Crippen LogP contribution in [0, 0.1) is 0 Å². The van der Waals surface area contributed by atoms with Gasteiger partial charge >= 0.3 is 0 Å². The van der Waals surface area contributed by atoms with Crippen LogP contribution in [0.3, 0.4) is 0 Å². The number of nitrogens with zero attached hydrogens (tertiary/aromatic N) is 2. The summed E-state index contributed by atoms with van der Waals surface area (Å²) in [5, 5.41) is 3.24. The van der Waals surface area contributed by atoms with Crippen LogP contribution in [0.5, 0.6) is 5.75 Å². The SMILES string of the molecule is COc1cccc2sc(NC(=O)c3ccc(S(=O)(=O)N4CCCC[C@@H]4C)cc3)nc12. The average molecular weight is 446 g/mol. The Balaban J connectivity index is 1.52. The van der Waals surface area contributed by atoms with Gasteiger partial charge in [0, 0.05) is 18.2 Å². The van der Waals surface area contributed by atoms with E-state index in [1.54, 1.807) is 11.4 Å². The largest absolute Gasteiger partial charge is 0.494 e. The highest BCUT2D eigenvalue weighted by Gasteiger charge is 2.30. The number of anilines is 1. The molecule has 7 nitrogen and oxygen atoms in total. The second kappa shape index (κ2) is 8.33. The second-order valence-corrected chi connectivity index (χ2v) is 10.2. The van der Waals surface area contributed by atoms with Crippen LogP contribution in [0.2, 0.25) is 0 Å². The van der Waals surface area contributed by atoms with Gasteiger partial charge in [-0.3, -0.25) is 10.1 Å². The van der Waals surface area contributed by atoms with Crippen molar-refractivity contribution >= 4 is 42.6 Å². The zero-order valence-electron chi connectivity index (χ0n) is 16.8. The average Bonchev–Trinajstić information content (AvgIpc) is 3.16. The summed E-state index contributed by atoms with van der Waals surface area (Å²) in [4.78, 5) is 17.3. The first-order valence-corrected chi connectivity index (χ1v) is 12.0. The van der Waals surface area contributed by atoms with Crippen molar-refractivity contribution in [1.29, 1.82) is 0 Å². The number of sulfonamides is 1. The van der Waals surface area contributed by atoms with Crippen LogP contribution in [-0.2, 0) is 10.0 Å². The van der Waals surface area contributed by atoms with E-state index in [1.165, 1.54) is 35.6 Å². The van der Waals surface area contributed by atoms with Crippen LogP contribution in [-0.4, -0.2) is 43.3 Å². The lowest BCUT2D eigenvalue weighted by atomic mass is 10.1. The zero-order chi connectivity index (χ0) is 21.3. The van der Waals surface area contributed by atoms with Crippen molar-refractivity contribution in [1.82, 2.24) is 9.29 Å². The Labute approximate surface area is 179 Å². The van der Waals surface area contributed by atoms with Gasteiger partial charge in [-0.2, -0.15) is 4.31 Å². The molecule has 1 amide bonds. The second-order valence-electron chi connectivity index (χ2n) is 7.27. The summed E-state index contributed by atoms with van der Waals surface area (Å²) in [6.07, 6.45) is 2.79. The molecule has 1 aliphatic heterocycles. The lowest BCUT2D eigenvalue weighted by molar-refractivity contribution is 0.102. The Morgan fingerprint density at radius 3 is 2.67 bits per heavy atom. The fourth-order valence-corrected chi connectivity index (χ4v) is 6.23. The number of fused-ring (bicyclic) bond motifs is 1. The van der Waals surface area contributed by atoms with Crippen LogP contribution in [0.1, 0.15) is 36.5 Å². The van der Waals surface area contributed by atoms with Crippen molar-refractivity contribution in [3.8, 4) is 5.75 Å². The quantitative estimate of drug-likeness (QED) is 0.638. The topological polar surface area (TPSA) is 88.6 Å². The zero-order valence-corrected chi connectivity index (χ0v) is 18.4. The van der Waals surface area contributed by atoms with E-state index >= 15 is 0 Å². The van der Waals surface area contributed by atoms with Gasteiger partial charge in [-0.1, -0.05) is 23.8 Å². The van der Waals surface area contributed by atoms with Crippen molar-refractivity contribution in [3.63, 3.8) is 0 Å². The van der Waals surface area contributed by atoms with E-state index in [1.807, 2.05) is 25.1 Å². The van der Waals surface area contributed by atoms with Crippen LogP contribution >= 0.6 is 11.3 Å². The van der Waals surface area contributed by atoms with Crippen LogP contribution in [0.15, 0.2) is 47.4 Å². The van der Waals surface area contributed by atoms with Crippen LogP contribution in [0.4, 0.5) is 5.13 Å². The third-order valence-corrected chi connectivity index (χ3v) is 8.25. The predicted molar refractivity (Wildman–Crippen MR) is 118 cm³/mol. The molecule has 1 aliphatic rings. The first kappa shape index (κ1) is 20.8. The molecule has 1 atom stereocenters. The summed E-state index contributed by atoms with van der Waals surface area (Å²) in [5.41, 5.74) is 1.06. The number of piperidine rings is 1. The van der Waals surface area contributed by atoms with Crippen LogP contribution in [0.25, 0.3) is 10.2 Å². The van der Waals surface area contributed by atoms with Gasteiger partial charge in [0.2, 0.25) is 10.0 Å². The number of amides is 1. The van der Waals surface area contributed by atoms with Crippen molar-refractivity contribution in [3.05, 3.63) is 48.0 Å². The first-order chi connectivity index (χ1) is 14.4. The minimum Gasteiger partial charge on any atom is -0.494 e. The molecule has 3 aromatic rings. The highest BCUT2D eigenvalue weighted by Crippen LogP contribution is 2.32.